The van der Waals surface area contributed by atoms with E-state index in [9.17, 15) is 4.79 Å². The number of hydrogen-bond donors (Lipinski definition) is 0. The van der Waals surface area contributed by atoms with Gasteiger partial charge in [0, 0.05) is 6.42 Å². The number of aryl methyl sites for hydroxylation is 1. The van der Waals surface area contributed by atoms with Crippen LogP contribution in [-0.2, 0) is 16.0 Å². The first-order valence-electron chi connectivity index (χ1n) is 8.13. The van der Waals surface area contributed by atoms with E-state index in [2.05, 4.69) is 16.9 Å². The Morgan fingerprint density at radius 3 is 2.59 bits per heavy atom. The van der Waals surface area contributed by atoms with E-state index in [1.807, 2.05) is 6.07 Å². The van der Waals surface area contributed by atoms with Crippen LogP contribution in [0.4, 0.5) is 0 Å². The summed E-state index contributed by atoms with van der Waals surface area (Å²) < 4.78 is 16.1. The van der Waals surface area contributed by atoms with Gasteiger partial charge in [-0.15, -0.1) is 0 Å². The fourth-order valence-corrected chi connectivity index (χ4v) is 2.86. The summed E-state index contributed by atoms with van der Waals surface area (Å²) in [6.07, 6.45) is 8.31. The SMILES string of the molecule is COC(=O)CCCCc1ccc(OC)c(OC2CCCC2)c1. The maximum absolute atomic E-state index is 11.1. The van der Waals surface area contributed by atoms with Crippen LogP contribution in [0.3, 0.4) is 0 Å². The van der Waals surface area contributed by atoms with E-state index in [4.69, 9.17) is 9.47 Å². The molecule has 0 atom stereocenters. The van der Waals surface area contributed by atoms with Crippen LogP contribution in [-0.4, -0.2) is 26.3 Å². The van der Waals surface area contributed by atoms with Crippen molar-refractivity contribution in [2.24, 2.45) is 0 Å². The van der Waals surface area contributed by atoms with Gasteiger partial charge in [-0.25, -0.2) is 0 Å². The lowest BCUT2D eigenvalue weighted by Crippen LogP contribution is -2.11. The van der Waals surface area contributed by atoms with E-state index in [-0.39, 0.29) is 5.97 Å². The van der Waals surface area contributed by atoms with Crippen molar-refractivity contribution in [2.75, 3.05) is 14.2 Å². The third-order valence-electron chi connectivity index (χ3n) is 4.15. The highest BCUT2D eigenvalue weighted by molar-refractivity contribution is 5.68. The third kappa shape index (κ3) is 4.93. The average Bonchev–Trinajstić information content (AvgIpc) is 3.04. The van der Waals surface area contributed by atoms with Gasteiger partial charge in [0.1, 0.15) is 0 Å². The summed E-state index contributed by atoms with van der Waals surface area (Å²) in [5.41, 5.74) is 1.22. The Labute approximate surface area is 132 Å². The minimum atomic E-state index is -0.139. The van der Waals surface area contributed by atoms with Gasteiger partial charge in [0.25, 0.3) is 0 Å². The van der Waals surface area contributed by atoms with Crippen molar-refractivity contribution >= 4 is 5.97 Å². The van der Waals surface area contributed by atoms with Gasteiger partial charge in [0.2, 0.25) is 0 Å². The van der Waals surface area contributed by atoms with Crippen LogP contribution < -0.4 is 9.47 Å². The van der Waals surface area contributed by atoms with E-state index in [0.29, 0.717) is 12.5 Å². The van der Waals surface area contributed by atoms with Crippen molar-refractivity contribution in [3.8, 4) is 11.5 Å². The summed E-state index contributed by atoms with van der Waals surface area (Å²) in [4.78, 5) is 11.1. The van der Waals surface area contributed by atoms with Crippen molar-refractivity contribution in [1.29, 1.82) is 0 Å². The summed E-state index contributed by atoms with van der Waals surface area (Å²) in [6, 6.07) is 6.12. The second kappa shape index (κ2) is 8.66. The van der Waals surface area contributed by atoms with E-state index in [1.54, 1.807) is 7.11 Å². The number of rotatable bonds is 8. The lowest BCUT2D eigenvalue weighted by molar-refractivity contribution is -0.140. The molecule has 0 aromatic heterocycles. The predicted octanol–water partition coefficient (Wildman–Crippen LogP) is 3.90. The quantitative estimate of drug-likeness (QED) is 0.540. The second-order valence-electron chi connectivity index (χ2n) is 5.79. The van der Waals surface area contributed by atoms with Crippen molar-refractivity contribution < 1.29 is 19.0 Å². The maximum Gasteiger partial charge on any atom is 0.305 e. The van der Waals surface area contributed by atoms with Crippen molar-refractivity contribution in [1.82, 2.24) is 0 Å². The molecule has 1 aromatic rings. The monoisotopic (exact) mass is 306 g/mol. The molecule has 0 unspecified atom stereocenters. The van der Waals surface area contributed by atoms with Gasteiger partial charge in [0.15, 0.2) is 11.5 Å². The Balaban J connectivity index is 1.89. The molecule has 1 aliphatic carbocycles. The molecule has 122 valence electrons. The first-order valence-corrected chi connectivity index (χ1v) is 8.13. The molecule has 0 N–H and O–H groups in total. The third-order valence-corrected chi connectivity index (χ3v) is 4.15. The number of unbranched alkanes of at least 4 members (excludes halogenated alkanes) is 1. The van der Waals surface area contributed by atoms with E-state index in [1.165, 1.54) is 25.5 Å². The van der Waals surface area contributed by atoms with Gasteiger partial charge >= 0.3 is 5.97 Å². The van der Waals surface area contributed by atoms with Crippen molar-refractivity contribution in [3.05, 3.63) is 23.8 Å². The number of hydrogen-bond acceptors (Lipinski definition) is 4. The summed E-state index contributed by atoms with van der Waals surface area (Å²) >= 11 is 0. The summed E-state index contributed by atoms with van der Waals surface area (Å²) in [5.74, 6) is 1.50. The molecule has 1 saturated carbocycles. The molecule has 4 heteroatoms. The van der Waals surface area contributed by atoms with E-state index < -0.39 is 0 Å². The van der Waals surface area contributed by atoms with Gasteiger partial charge in [-0.05, 0) is 62.6 Å². The van der Waals surface area contributed by atoms with Crippen molar-refractivity contribution in [2.45, 2.75) is 57.5 Å². The predicted molar refractivity (Wildman–Crippen MR) is 85.4 cm³/mol. The normalized spacial score (nSPS) is 14.8. The highest BCUT2D eigenvalue weighted by Crippen LogP contribution is 2.32. The standard InChI is InChI=1S/C18H26O4/c1-20-16-12-11-14(7-3-6-10-18(19)21-2)13-17(16)22-15-8-4-5-9-15/h11-13,15H,3-10H2,1-2H3. The molecule has 0 bridgehead atoms. The van der Waals surface area contributed by atoms with Crippen LogP contribution in [0, 0.1) is 0 Å². The number of ether oxygens (including phenoxy) is 3. The molecule has 0 amide bonds. The molecular formula is C18H26O4. The summed E-state index contributed by atoms with van der Waals surface area (Å²) in [5, 5.41) is 0. The lowest BCUT2D eigenvalue weighted by atomic mass is 10.1. The van der Waals surface area contributed by atoms with Crippen LogP contribution in [0.1, 0.15) is 50.5 Å². The Morgan fingerprint density at radius 2 is 1.91 bits per heavy atom. The zero-order valence-corrected chi connectivity index (χ0v) is 13.6. The first kappa shape index (κ1) is 16.7. The second-order valence-corrected chi connectivity index (χ2v) is 5.79. The van der Waals surface area contributed by atoms with Crippen LogP contribution in [0.25, 0.3) is 0 Å². The molecule has 2 rings (SSSR count). The van der Waals surface area contributed by atoms with E-state index >= 15 is 0 Å². The smallest absolute Gasteiger partial charge is 0.305 e. The molecule has 1 fully saturated rings. The molecule has 1 aliphatic rings. The van der Waals surface area contributed by atoms with Gasteiger partial charge in [-0.2, -0.15) is 0 Å². The average molecular weight is 306 g/mol. The molecule has 4 nitrogen and oxygen atoms in total. The number of carbonyl (C=O) groups excluding carboxylic acids is 1. The topological polar surface area (TPSA) is 44.8 Å². The van der Waals surface area contributed by atoms with Gasteiger partial charge in [-0.3, -0.25) is 4.79 Å². The van der Waals surface area contributed by atoms with E-state index in [0.717, 1.165) is 43.6 Å². The number of esters is 1. The maximum atomic E-state index is 11.1. The molecule has 0 heterocycles. The Kier molecular flexibility index (Phi) is 6.56. The molecule has 22 heavy (non-hydrogen) atoms. The molecule has 0 saturated heterocycles. The zero-order valence-electron chi connectivity index (χ0n) is 13.6. The molecule has 0 spiro atoms. The van der Waals surface area contributed by atoms with Crippen LogP contribution >= 0.6 is 0 Å². The van der Waals surface area contributed by atoms with Crippen LogP contribution in [0.15, 0.2) is 18.2 Å². The number of carbonyl (C=O) groups is 1. The minimum Gasteiger partial charge on any atom is -0.493 e. The molecular weight excluding hydrogens is 280 g/mol. The zero-order chi connectivity index (χ0) is 15.8. The fourth-order valence-electron chi connectivity index (χ4n) is 2.86. The highest BCUT2D eigenvalue weighted by Gasteiger charge is 2.18. The summed E-state index contributed by atoms with van der Waals surface area (Å²) in [7, 11) is 3.10. The minimum absolute atomic E-state index is 0.139. The lowest BCUT2D eigenvalue weighted by Gasteiger charge is -2.17. The largest absolute Gasteiger partial charge is 0.493 e. The Hall–Kier alpha value is -1.71. The van der Waals surface area contributed by atoms with Crippen molar-refractivity contribution in [3.63, 3.8) is 0 Å². The van der Waals surface area contributed by atoms with Gasteiger partial charge < -0.3 is 14.2 Å². The Morgan fingerprint density at radius 1 is 1.14 bits per heavy atom. The fraction of sp³-hybridized carbons (Fsp3) is 0.611. The highest BCUT2D eigenvalue weighted by atomic mass is 16.5. The summed E-state index contributed by atoms with van der Waals surface area (Å²) in [6.45, 7) is 0. The van der Waals surface area contributed by atoms with Gasteiger partial charge in [-0.1, -0.05) is 6.07 Å². The van der Waals surface area contributed by atoms with Crippen LogP contribution in [0.5, 0.6) is 11.5 Å². The van der Waals surface area contributed by atoms with Gasteiger partial charge in [0.05, 0.1) is 20.3 Å². The number of methoxy groups -OCH3 is 2. The molecule has 1 aromatic carbocycles. The molecule has 0 radical (unpaired) electrons. The number of benzene rings is 1. The Bertz CT molecular complexity index is 478. The van der Waals surface area contributed by atoms with Crippen LogP contribution in [0.2, 0.25) is 0 Å². The first-order chi connectivity index (χ1) is 10.7. The molecule has 0 aliphatic heterocycles.